The van der Waals surface area contributed by atoms with E-state index in [4.69, 9.17) is 9.63 Å². The van der Waals surface area contributed by atoms with E-state index in [1.807, 2.05) is 26.0 Å². The Morgan fingerprint density at radius 2 is 1.88 bits per heavy atom. The van der Waals surface area contributed by atoms with Crippen LogP contribution in [0.15, 0.2) is 28.8 Å². The van der Waals surface area contributed by atoms with Gasteiger partial charge in [0, 0.05) is 18.7 Å². The summed E-state index contributed by atoms with van der Waals surface area (Å²) in [5.74, 6) is 1.15. The van der Waals surface area contributed by atoms with Crippen molar-refractivity contribution >= 4 is 0 Å². The number of aromatic hydroxyl groups is 1. The van der Waals surface area contributed by atoms with Gasteiger partial charge >= 0.3 is 0 Å². The van der Waals surface area contributed by atoms with Crippen LogP contribution in [0.5, 0.6) is 5.75 Å². The Morgan fingerprint density at radius 1 is 1.18 bits per heavy atom. The first kappa shape index (κ1) is 11.7. The Hall–Kier alpha value is -1.81. The number of nitrogens with one attached hydrogen (secondary N) is 1. The van der Waals surface area contributed by atoms with Gasteiger partial charge in [0.2, 0.25) is 0 Å². The van der Waals surface area contributed by atoms with Gasteiger partial charge in [-0.2, -0.15) is 0 Å². The Balaban J connectivity index is 1.90. The molecule has 17 heavy (non-hydrogen) atoms. The van der Waals surface area contributed by atoms with Crippen molar-refractivity contribution in [1.29, 1.82) is 0 Å². The average molecular weight is 232 g/mol. The monoisotopic (exact) mass is 232 g/mol. The normalized spacial score (nSPS) is 10.7. The van der Waals surface area contributed by atoms with Crippen LogP contribution >= 0.6 is 0 Å². The van der Waals surface area contributed by atoms with Crippen molar-refractivity contribution in [2.45, 2.75) is 26.9 Å². The van der Waals surface area contributed by atoms with E-state index >= 15 is 0 Å². The number of hydrogen-bond donors (Lipinski definition) is 2. The highest BCUT2D eigenvalue weighted by Crippen LogP contribution is 2.12. The largest absolute Gasteiger partial charge is 0.508 e. The third-order valence-electron chi connectivity index (χ3n) is 2.75. The molecule has 0 fully saturated rings. The van der Waals surface area contributed by atoms with Crippen molar-refractivity contribution in [2.24, 2.45) is 0 Å². The van der Waals surface area contributed by atoms with Crippen molar-refractivity contribution in [1.82, 2.24) is 10.5 Å². The zero-order chi connectivity index (χ0) is 12.3. The first-order valence-electron chi connectivity index (χ1n) is 5.57. The fourth-order valence-corrected chi connectivity index (χ4v) is 1.70. The maximum atomic E-state index is 9.16. The van der Waals surface area contributed by atoms with Crippen LogP contribution in [0.2, 0.25) is 0 Å². The van der Waals surface area contributed by atoms with Crippen molar-refractivity contribution < 1.29 is 9.63 Å². The molecule has 1 aromatic heterocycles. The van der Waals surface area contributed by atoms with Gasteiger partial charge in [0.1, 0.15) is 11.5 Å². The topological polar surface area (TPSA) is 58.3 Å². The van der Waals surface area contributed by atoms with Crippen LogP contribution in [0.3, 0.4) is 0 Å². The van der Waals surface area contributed by atoms with Gasteiger partial charge in [-0.25, -0.2) is 0 Å². The molecule has 90 valence electrons. The number of hydrogen-bond acceptors (Lipinski definition) is 4. The van der Waals surface area contributed by atoms with Crippen molar-refractivity contribution in [3.8, 4) is 5.75 Å². The van der Waals surface area contributed by atoms with Crippen LogP contribution < -0.4 is 5.32 Å². The lowest BCUT2D eigenvalue weighted by atomic mass is 10.2. The molecule has 0 unspecified atom stereocenters. The molecule has 1 heterocycles. The van der Waals surface area contributed by atoms with Crippen molar-refractivity contribution in [3.63, 3.8) is 0 Å². The lowest BCUT2D eigenvalue weighted by molar-refractivity contribution is 0.392. The maximum Gasteiger partial charge on any atom is 0.138 e. The minimum Gasteiger partial charge on any atom is -0.508 e. The summed E-state index contributed by atoms with van der Waals surface area (Å²) in [6.07, 6.45) is 0. The molecule has 0 radical (unpaired) electrons. The summed E-state index contributed by atoms with van der Waals surface area (Å²) >= 11 is 0. The number of benzene rings is 1. The molecule has 0 aliphatic rings. The lowest BCUT2D eigenvalue weighted by Crippen LogP contribution is -2.13. The highest BCUT2D eigenvalue weighted by molar-refractivity contribution is 5.26. The number of rotatable bonds is 4. The molecule has 0 atom stereocenters. The molecule has 0 spiro atoms. The Labute approximate surface area is 100 Å². The van der Waals surface area contributed by atoms with Crippen LogP contribution in [0, 0.1) is 13.8 Å². The zero-order valence-corrected chi connectivity index (χ0v) is 10.0. The molecule has 0 bridgehead atoms. The van der Waals surface area contributed by atoms with E-state index in [0.717, 1.165) is 35.7 Å². The van der Waals surface area contributed by atoms with Crippen molar-refractivity contribution in [3.05, 3.63) is 46.8 Å². The van der Waals surface area contributed by atoms with Crippen LogP contribution in [0.1, 0.15) is 22.6 Å². The van der Waals surface area contributed by atoms with E-state index in [-0.39, 0.29) is 0 Å². The predicted molar refractivity (Wildman–Crippen MR) is 64.6 cm³/mol. The Bertz CT molecular complexity index is 469. The molecule has 0 saturated heterocycles. The van der Waals surface area contributed by atoms with Gasteiger partial charge < -0.3 is 14.9 Å². The maximum absolute atomic E-state index is 9.16. The number of nitrogens with zero attached hydrogens (tertiary/aromatic N) is 1. The predicted octanol–water partition coefficient (Wildman–Crippen LogP) is 2.29. The van der Waals surface area contributed by atoms with E-state index < -0.39 is 0 Å². The van der Waals surface area contributed by atoms with Gasteiger partial charge in [0.25, 0.3) is 0 Å². The van der Waals surface area contributed by atoms with E-state index in [2.05, 4.69) is 10.5 Å². The van der Waals surface area contributed by atoms with Gasteiger partial charge in [-0.1, -0.05) is 17.3 Å². The second kappa shape index (κ2) is 5.01. The fraction of sp³-hybridized carbons (Fsp3) is 0.308. The van der Waals surface area contributed by atoms with Crippen LogP contribution in [-0.4, -0.2) is 10.3 Å². The molecule has 4 nitrogen and oxygen atoms in total. The van der Waals surface area contributed by atoms with E-state index in [1.54, 1.807) is 12.1 Å². The summed E-state index contributed by atoms with van der Waals surface area (Å²) in [4.78, 5) is 0. The zero-order valence-electron chi connectivity index (χ0n) is 10.0. The number of phenolic OH excluding ortho intramolecular Hbond substituents is 1. The van der Waals surface area contributed by atoms with Crippen molar-refractivity contribution in [2.75, 3.05) is 0 Å². The molecular weight excluding hydrogens is 216 g/mol. The number of aromatic nitrogens is 1. The smallest absolute Gasteiger partial charge is 0.138 e. The minimum atomic E-state index is 0.291. The summed E-state index contributed by atoms with van der Waals surface area (Å²) in [7, 11) is 0. The second-order valence-corrected chi connectivity index (χ2v) is 4.07. The van der Waals surface area contributed by atoms with Gasteiger partial charge in [-0.3, -0.25) is 0 Å². The summed E-state index contributed by atoms with van der Waals surface area (Å²) < 4.78 is 5.09. The van der Waals surface area contributed by atoms with Gasteiger partial charge in [-0.15, -0.1) is 0 Å². The van der Waals surface area contributed by atoms with Gasteiger partial charge in [0.15, 0.2) is 0 Å². The van der Waals surface area contributed by atoms with Crippen LogP contribution in [0.4, 0.5) is 0 Å². The van der Waals surface area contributed by atoms with E-state index in [9.17, 15) is 0 Å². The average Bonchev–Trinajstić information content (AvgIpc) is 2.63. The second-order valence-electron chi connectivity index (χ2n) is 4.07. The molecule has 0 aliphatic heterocycles. The number of phenols is 1. The summed E-state index contributed by atoms with van der Waals surface area (Å²) in [5, 5.41) is 16.4. The van der Waals surface area contributed by atoms with Crippen LogP contribution in [-0.2, 0) is 13.1 Å². The third kappa shape index (κ3) is 2.85. The highest BCUT2D eigenvalue weighted by Gasteiger charge is 2.07. The molecule has 0 aliphatic carbocycles. The van der Waals surface area contributed by atoms with Gasteiger partial charge in [0.05, 0.1) is 5.69 Å². The molecule has 4 heteroatoms. The molecule has 2 aromatic rings. The standard InChI is InChI=1S/C13H16N2O2/c1-9-13(10(2)17-15-9)8-14-7-11-3-5-12(16)6-4-11/h3-6,14,16H,7-8H2,1-2H3. The first-order valence-corrected chi connectivity index (χ1v) is 5.57. The molecule has 0 amide bonds. The summed E-state index contributed by atoms with van der Waals surface area (Å²) in [5.41, 5.74) is 3.18. The summed E-state index contributed by atoms with van der Waals surface area (Å²) in [6, 6.07) is 7.17. The Morgan fingerprint density at radius 3 is 2.47 bits per heavy atom. The number of aryl methyl sites for hydroxylation is 2. The minimum absolute atomic E-state index is 0.291. The van der Waals surface area contributed by atoms with E-state index in [1.165, 1.54) is 0 Å². The quantitative estimate of drug-likeness (QED) is 0.849. The molecular formula is C13H16N2O2. The molecule has 2 rings (SSSR count). The lowest BCUT2D eigenvalue weighted by Gasteiger charge is -2.04. The SMILES string of the molecule is Cc1noc(C)c1CNCc1ccc(O)cc1. The summed E-state index contributed by atoms with van der Waals surface area (Å²) in [6.45, 7) is 5.35. The molecule has 1 aromatic carbocycles. The highest BCUT2D eigenvalue weighted by atomic mass is 16.5. The van der Waals surface area contributed by atoms with Crippen LogP contribution in [0.25, 0.3) is 0 Å². The third-order valence-corrected chi connectivity index (χ3v) is 2.75. The van der Waals surface area contributed by atoms with Gasteiger partial charge in [-0.05, 0) is 31.5 Å². The first-order chi connectivity index (χ1) is 8.16. The molecule has 2 N–H and O–H groups in total. The fourth-order valence-electron chi connectivity index (χ4n) is 1.70. The molecule has 0 saturated carbocycles. The van der Waals surface area contributed by atoms with E-state index in [0.29, 0.717) is 5.75 Å². The Kier molecular flexibility index (Phi) is 3.44.